The van der Waals surface area contributed by atoms with Gasteiger partial charge in [0.25, 0.3) is 0 Å². The summed E-state index contributed by atoms with van der Waals surface area (Å²) in [7, 11) is 0. The smallest absolute Gasteiger partial charge is 0.234 e. The number of hydrogen-bond donors (Lipinski definition) is 2. The zero-order valence-electron chi connectivity index (χ0n) is 14.4. The van der Waals surface area contributed by atoms with Crippen molar-refractivity contribution in [2.45, 2.75) is 19.0 Å². The van der Waals surface area contributed by atoms with Gasteiger partial charge in [0.2, 0.25) is 11.1 Å². The highest BCUT2D eigenvalue weighted by molar-refractivity contribution is 7.99. The number of nitrogens with zero attached hydrogens (tertiary/aromatic N) is 3. The fourth-order valence-corrected chi connectivity index (χ4v) is 3.45. The third-order valence-electron chi connectivity index (χ3n) is 3.62. The van der Waals surface area contributed by atoms with Crippen molar-refractivity contribution in [2.75, 3.05) is 16.9 Å². The molecule has 0 spiro atoms. The van der Waals surface area contributed by atoms with Crippen LogP contribution in [0.1, 0.15) is 11.1 Å². The lowest BCUT2D eigenvalue weighted by Crippen LogP contribution is -2.16. The molecule has 1 heterocycles. The number of nitrogens with one attached hydrogen (secondary N) is 1. The van der Waals surface area contributed by atoms with Gasteiger partial charge in [0.05, 0.1) is 10.8 Å². The fourth-order valence-electron chi connectivity index (χ4n) is 2.58. The standard InChI is InChI=1S/C18H18ClN5OS/c1-11-7-12(2)9-13(8-11)21-16(25)10-26-18-23-22-17(24(18)20)14-5-3-4-6-15(14)19/h3-9H,10,20H2,1-2H3,(H,21,25). The summed E-state index contributed by atoms with van der Waals surface area (Å²) in [5.41, 5.74) is 3.66. The number of nitrogen functional groups attached to an aromatic ring is 1. The molecule has 0 aliphatic rings. The zero-order valence-corrected chi connectivity index (χ0v) is 15.9. The lowest BCUT2D eigenvalue weighted by atomic mass is 10.1. The Bertz CT molecular complexity index is 936. The molecular formula is C18H18ClN5OS. The number of hydrogen-bond acceptors (Lipinski definition) is 5. The quantitative estimate of drug-likeness (QED) is 0.515. The summed E-state index contributed by atoms with van der Waals surface area (Å²) in [4.78, 5) is 12.2. The third kappa shape index (κ3) is 4.17. The van der Waals surface area contributed by atoms with E-state index in [1.165, 1.54) is 16.4 Å². The van der Waals surface area contributed by atoms with Crippen molar-refractivity contribution in [1.82, 2.24) is 14.9 Å². The molecule has 0 unspecified atom stereocenters. The maximum Gasteiger partial charge on any atom is 0.234 e. The second-order valence-electron chi connectivity index (χ2n) is 5.87. The Labute approximate surface area is 160 Å². The molecule has 0 atom stereocenters. The number of carbonyl (C=O) groups is 1. The summed E-state index contributed by atoms with van der Waals surface area (Å²) in [5.74, 6) is 6.55. The summed E-state index contributed by atoms with van der Waals surface area (Å²) >= 11 is 7.39. The number of benzene rings is 2. The Hall–Kier alpha value is -2.51. The molecule has 0 aliphatic carbocycles. The summed E-state index contributed by atoms with van der Waals surface area (Å²) in [6.45, 7) is 3.98. The van der Waals surface area contributed by atoms with Crippen LogP contribution in [0.4, 0.5) is 5.69 Å². The molecule has 0 radical (unpaired) electrons. The number of anilines is 1. The average molecular weight is 388 g/mol. The maximum atomic E-state index is 12.2. The van der Waals surface area contributed by atoms with E-state index >= 15 is 0 Å². The van der Waals surface area contributed by atoms with Crippen molar-refractivity contribution in [3.63, 3.8) is 0 Å². The first-order valence-electron chi connectivity index (χ1n) is 7.90. The Balaban J connectivity index is 1.67. The van der Waals surface area contributed by atoms with Crippen molar-refractivity contribution >= 4 is 35.0 Å². The van der Waals surface area contributed by atoms with E-state index in [1.807, 2.05) is 44.2 Å². The van der Waals surface area contributed by atoms with Gasteiger partial charge in [-0.05, 0) is 49.2 Å². The monoisotopic (exact) mass is 387 g/mol. The molecule has 1 amide bonds. The molecule has 0 bridgehead atoms. The highest BCUT2D eigenvalue weighted by Crippen LogP contribution is 2.27. The topological polar surface area (TPSA) is 85.8 Å². The Morgan fingerprint density at radius 1 is 1.19 bits per heavy atom. The summed E-state index contributed by atoms with van der Waals surface area (Å²) in [6, 6.07) is 13.2. The number of carbonyl (C=O) groups excluding carboxylic acids is 1. The molecule has 0 saturated heterocycles. The van der Waals surface area contributed by atoms with E-state index < -0.39 is 0 Å². The van der Waals surface area contributed by atoms with Crippen molar-refractivity contribution in [1.29, 1.82) is 0 Å². The molecule has 3 aromatic rings. The van der Waals surface area contributed by atoms with Gasteiger partial charge < -0.3 is 11.2 Å². The SMILES string of the molecule is Cc1cc(C)cc(NC(=O)CSc2nnc(-c3ccccc3Cl)n2N)c1. The lowest BCUT2D eigenvalue weighted by Gasteiger charge is -2.08. The minimum atomic E-state index is -0.137. The summed E-state index contributed by atoms with van der Waals surface area (Å²) < 4.78 is 1.34. The normalized spacial score (nSPS) is 10.7. The van der Waals surface area contributed by atoms with Gasteiger partial charge in [0.15, 0.2) is 5.82 Å². The van der Waals surface area contributed by atoms with Crippen LogP contribution in [0.15, 0.2) is 47.6 Å². The van der Waals surface area contributed by atoms with E-state index in [1.54, 1.807) is 6.07 Å². The molecular weight excluding hydrogens is 370 g/mol. The number of rotatable bonds is 5. The molecule has 26 heavy (non-hydrogen) atoms. The van der Waals surface area contributed by atoms with Crippen LogP contribution >= 0.6 is 23.4 Å². The highest BCUT2D eigenvalue weighted by atomic mass is 35.5. The van der Waals surface area contributed by atoms with Crippen LogP contribution in [0, 0.1) is 13.8 Å². The van der Waals surface area contributed by atoms with E-state index in [9.17, 15) is 4.79 Å². The average Bonchev–Trinajstić information content (AvgIpc) is 2.93. The predicted molar refractivity (Wildman–Crippen MR) is 106 cm³/mol. The van der Waals surface area contributed by atoms with Crippen LogP contribution in [-0.4, -0.2) is 26.5 Å². The van der Waals surface area contributed by atoms with Crippen molar-refractivity contribution < 1.29 is 4.79 Å². The fraction of sp³-hybridized carbons (Fsp3) is 0.167. The highest BCUT2D eigenvalue weighted by Gasteiger charge is 2.15. The van der Waals surface area contributed by atoms with Crippen molar-refractivity contribution in [2.24, 2.45) is 0 Å². The van der Waals surface area contributed by atoms with E-state index in [0.717, 1.165) is 16.8 Å². The summed E-state index contributed by atoms with van der Waals surface area (Å²) in [6.07, 6.45) is 0. The van der Waals surface area contributed by atoms with Gasteiger partial charge in [-0.1, -0.05) is 41.6 Å². The van der Waals surface area contributed by atoms with Crippen LogP contribution in [0.25, 0.3) is 11.4 Å². The van der Waals surface area contributed by atoms with Crippen molar-refractivity contribution in [3.05, 3.63) is 58.6 Å². The number of aryl methyl sites for hydroxylation is 2. The van der Waals surface area contributed by atoms with E-state index in [0.29, 0.717) is 21.6 Å². The maximum absolute atomic E-state index is 12.2. The van der Waals surface area contributed by atoms with E-state index in [4.69, 9.17) is 17.4 Å². The van der Waals surface area contributed by atoms with Gasteiger partial charge >= 0.3 is 0 Å². The number of aromatic nitrogens is 3. The molecule has 0 fully saturated rings. The minimum absolute atomic E-state index is 0.137. The first kappa shape index (κ1) is 18.3. The van der Waals surface area contributed by atoms with Crippen LogP contribution in [0.2, 0.25) is 5.02 Å². The van der Waals surface area contributed by atoms with E-state index in [2.05, 4.69) is 21.6 Å². The molecule has 134 valence electrons. The molecule has 0 aliphatic heterocycles. The molecule has 3 N–H and O–H groups in total. The lowest BCUT2D eigenvalue weighted by molar-refractivity contribution is -0.113. The van der Waals surface area contributed by atoms with Crippen LogP contribution in [0.5, 0.6) is 0 Å². The molecule has 0 saturated carbocycles. The molecule has 2 aromatic carbocycles. The third-order valence-corrected chi connectivity index (χ3v) is 4.89. The minimum Gasteiger partial charge on any atom is -0.335 e. The van der Waals surface area contributed by atoms with Gasteiger partial charge in [-0.25, -0.2) is 4.68 Å². The number of halogens is 1. The predicted octanol–water partition coefficient (Wildman–Crippen LogP) is 3.66. The number of thioether (sulfide) groups is 1. The Morgan fingerprint density at radius 2 is 1.88 bits per heavy atom. The molecule has 3 rings (SSSR count). The second-order valence-corrected chi connectivity index (χ2v) is 7.22. The Kier molecular flexibility index (Phi) is 5.49. The first-order chi connectivity index (χ1) is 12.4. The number of amides is 1. The largest absolute Gasteiger partial charge is 0.335 e. The molecule has 6 nitrogen and oxygen atoms in total. The van der Waals surface area contributed by atoms with Crippen molar-refractivity contribution in [3.8, 4) is 11.4 Å². The van der Waals surface area contributed by atoms with E-state index in [-0.39, 0.29) is 11.7 Å². The zero-order chi connectivity index (χ0) is 18.7. The van der Waals surface area contributed by atoms with Gasteiger partial charge in [0, 0.05) is 11.3 Å². The summed E-state index contributed by atoms with van der Waals surface area (Å²) in [5, 5.41) is 12.0. The van der Waals surface area contributed by atoms with Gasteiger partial charge in [-0.15, -0.1) is 10.2 Å². The Morgan fingerprint density at radius 3 is 2.58 bits per heavy atom. The first-order valence-corrected chi connectivity index (χ1v) is 9.27. The van der Waals surface area contributed by atoms with Crippen LogP contribution in [0.3, 0.4) is 0 Å². The molecule has 8 heteroatoms. The van der Waals surface area contributed by atoms with Crippen LogP contribution < -0.4 is 11.2 Å². The van der Waals surface area contributed by atoms with Crippen LogP contribution in [-0.2, 0) is 4.79 Å². The number of nitrogens with two attached hydrogens (primary N) is 1. The van der Waals surface area contributed by atoms with Gasteiger partial charge in [-0.3, -0.25) is 4.79 Å². The molecule has 1 aromatic heterocycles. The van der Waals surface area contributed by atoms with Gasteiger partial charge in [-0.2, -0.15) is 0 Å². The second kappa shape index (κ2) is 7.80. The van der Waals surface area contributed by atoms with Gasteiger partial charge in [0.1, 0.15) is 0 Å².